The van der Waals surface area contributed by atoms with Crippen LogP contribution in [0.15, 0.2) is 23.9 Å². The highest BCUT2D eigenvalue weighted by atomic mass is 32.2. The molecular weight excluding hydrogens is 312 g/mol. The summed E-state index contributed by atoms with van der Waals surface area (Å²) >= 11 is 6.11. The number of fused-ring (bicyclic) bond motifs is 1. The summed E-state index contributed by atoms with van der Waals surface area (Å²) in [6, 6.07) is 6.48. The zero-order chi connectivity index (χ0) is 15.7. The Balaban J connectivity index is 1.86. The van der Waals surface area contributed by atoms with Gasteiger partial charge in [-0.15, -0.1) is 0 Å². The summed E-state index contributed by atoms with van der Waals surface area (Å²) < 4.78 is 0.539. The molecule has 0 radical (unpaired) electrons. The van der Waals surface area contributed by atoms with E-state index in [2.05, 4.69) is 42.3 Å². The molecule has 1 aromatic carbocycles. The standard InChI is InChI=1S/C17H20N2OS2/c1-11(2)10-19-7-3-4-13-8-12(5-6-15(13)19)9-14-16(20)22-17(21)18-14/h5-6,8-9,11H,3-4,7,10H2,1-2H3,(H,18,21). The first kappa shape index (κ1) is 15.6. The van der Waals surface area contributed by atoms with Crippen LogP contribution in [0.3, 0.4) is 0 Å². The van der Waals surface area contributed by atoms with Crippen molar-refractivity contribution in [2.24, 2.45) is 5.92 Å². The molecule has 0 atom stereocenters. The molecule has 0 bridgehead atoms. The molecule has 1 saturated heterocycles. The Morgan fingerprint density at radius 1 is 1.45 bits per heavy atom. The lowest BCUT2D eigenvalue weighted by molar-refractivity contribution is -0.107. The SMILES string of the molecule is CC(C)CN1CCCc2cc(C=C3NC(=S)SC3=O)ccc21. The van der Waals surface area contributed by atoms with E-state index < -0.39 is 0 Å². The maximum Gasteiger partial charge on any atom is 0.242 e. The van der Waals surface area contributed by atoms with Gasteiger partial charge in [0.25, 0.3) is 0 Å². The van der Waals surface area contributed by atoms with Crippen molar-refractivity contribution in [2.45, 2.75) is 26.7 Å². The Hall–Kier alpha value is -1.33. The fourth-order valence-corrected chi connectivity index (χ4v) is 3.89. The minimum absolute atomic E-state index is 0.00385. The minimum Gasteiger partial charge on any atom is -0.371 e. The summed E-state index contributed by atoms with van der Waals surface area (Å²) in [6.45, 7) is 6.74. The molecule has 0 amide bonds. The summed E-state index contributed by atoms with van der Waals surface area (Å²) in [4.78, 5) is 14.3. The Bertz CT molecular complexity index is 652. The number of carbonyl (C=O) groups excluding carboxylic acids is 1. The molecule has 0 aliphatic carbocycles. The Morgan fingerprint density at radius 2 is 2.27 bits per heavy atom. The van der Waals surface area contributed by atoms with Crippen LogP contribution in [0.2, 0.25) is 0 Å². The molecule has 3 nitrogen and oxygen atoms in total. The number of aryl methyl sites for hydroxylation is 1. The van der Waals surface area contributed by atoms with Gasteiger partial charge in [-0.25, -0.2) is 0 Å². The van der Waals surface area contributed by atoms with Crippen molar-refractivity contribution >= 4 is 45.2 Å². The van der Waals surface area contributed by atoms with E-state index >= 15 is 0 Å². The van der Waals surface area contributed by atoms with Gasteiger partial charge < -0.3 is 10.2 Å². The van der Waals surface area contributed by atoms with E-state index in [0.717, 1.165) is 36.8 Å². The lowest BCUT2D eigenvalue weighted by Gasteiger charge is -2.32. The van der Waals surface area contributed by atoms with Gasteiger partial charge in [-0.1, -0.05) is 32.1 Å². The smallest absolute Gasteiger partial charge is 0.242 e. The third kappa shape index (κ3) is 3.36. The molecule has 0 aromatic heterocycles. The van der Waals surface area contributed by atoms with Crippen molar-refractivity contribution in [1.82, 2.24) is 5.32 Å². The summed E-state index contributed by atoms with van der Waals surface area (Å²) in [5.74, 6) is 0.658. The fraction of sp³-hybridized carbons (Fsp3) is 0.412. The van der Waals surface area contributed by atoms with Crippen LogP contribution in [0.5, 0.6) is 0 Å². The first-order chi connectivity index (χ1) is 10.5. The fourth-order valence-electron chi connectivity index (χ4n) is 3.00. The lowest BCUT2D eigenvalue weighted by Crippen LogP contribution is -2.32. The van der Waals surface area contributed by atoms with E-state index in [9.17, 15) is 4.79 Å². The van der Waals surface area contributed by atoms with E-state index in [0.29, 0.717) is 15.9 Å². The Kier molecular flexibility index (Phi) is 4.54. The van der Waals surface area contributed by atoms with Gasteiger partial charge in [-0.05, 0) is 59.9 Å². The van der Waals surface area contributed by atoms with Crippen molar-refractivity contribution in [3.8, 4) is 0 Å². The average molecular weight is 332 g/mol. The zero-order valence-corrected chi connectivity index (χ0v) is 14.5. The molecule has 0 unspecified atom stereocenters. The van der Waals surface area contributed by atoms with E-state index in [1.807, 2.05) is 6.08 Å². The number of rotatable bonds is 3. The van der Waals surface area contributed by atoms with Crippen LogP contribution in [-0.2, 0) is 11.2 Å². The van der Waals surface area contributed by atoms with Crippen LogP contribution in [0.4, 0.5) is 5.69 Å². The zero-order valence-electron chi connectivity index (χ0n) is 12.9. The van der Waals surface area contributed by atoms with Crippen LogP contribution >= 0.6 is 24.0 Å². The third-order valence-electron chi connectivity index (χ3n) is 3.86. The first-order valence-electron chi connectivity index (χ1n) is 7.65. The summed E-state index contributed by atoms with van der Waals surface area (Å²) in [5.41, 5.74) is 4.37. The summed E-state index contributed by atoms with van der Waals surface area (Å²) in [6.07, 6.45) is 4.20. The number of anilines is 1. The number of nitrogens with zero attached hydrogens (tertiary/aromatic N) is 1. The second-order valence-corrected chi connectivity index (χ2v) is 7.84. The Labute approximate surface area is 141 Å². The second-order valence-electron chi connectivity index (χ2n) is 6.19. The van der Waals surface area contributed by atoms with Crippen LogP contribution in [0.25, 0.3) is 6.08 Å². The maximum absolute atomic E-state index is 11.8. The molecule has 2 aliphatic heterocycles. The lowest BCUT2D eigenvalue weighted by atomic mass is 9.98. The number of hydrogen-bond donors (Lipinski definition) is 1. The predicted molar refractivity (Wildman–Crippen MR) is 98.1 cm³/mol. The van der Waals surface area contributed by atoms with E-state index in [4.69, 9.17) is 12.2 Å². The highest BCUT2D eigenvalue weighted by molar-refractivity contribution is 8.33. The average Bonchev–Trinajstić information content (AvgIpc) is 2.76. The van der Waals surface area contributed by atoms with Crippen molar-refractivity contribution in [2.75, 3.05) is 18.0 Å². The van der Waals surface area contributed by atoms with Gasteiger partial charge in [-0.3, -0.25) is 4.79 Å². The van der Waals surface area contributed by atoms with Gasteiger partial charge in [0, 0.05) is 18.8 Å². The summed E-state index contributed by atoms with van der Waals surface area (Å²) in [5, 5.41) is 2.97. The third-order valence-corrected chi connectivity index (χ3v) is 4.90. The quantitative estimate of drug-likeness (QED) is 0.675. The van der Waals surface area contributed by atoms with Gasteiger partial charge >= 0.3 is 0 Å². The molecule has 5 heteroatoms. The Morgan fingerprint density at radius 3 is 2.95 bits per heavy atom. The second kappa shape index (κ2) is 6.42. The molecule has 1 fully saturated rings. The summed E-state index contributed by atoms with van der Waals surface area (Å²) in [7, 11) is 0. The number of nitrogens with one attached hydrogen (secondary N) is 1. The van der Waals surface area contributed by atoms with E-state index in [-0.39, 0.29) is 5.12 Å². The van der Waals surface area contributed by atoms with Crippen molar-refractivity contribution < 1.29 is 4.79 Å². The van der Waals surface area contributed by atoms with Gasteiger partial charge in [0.2, 0.25) is 5.12 Å². The van der Waals surface area contributed by atoms with Crippen molar-refractivity contribution in [3.63, 3.8) is 0 Å². The number of thioether (sulfide) groups is 1. The van der Waals surface area contributed by atoms with Gasteiger partial charge in [0.05, 0.1) is 5.70 Å². The number of hydrogen-bond acceptors (Lipinski definition) is 4. The maximum atomic E-state index is 11.8. The minimum atomic E-state index is 0.00385. The van der Waals surface area contributed by atoms with Crippen LogP contribution in [-0.4, -0.2) is 22.5 Å². The highest BCUT2D eigenvalue weighted by Crippen LogP contribution is 2.30. The normalized spacial score (nSPS) is 19.8. The number of benzene rings is 1. The molecule has 2 aliphatic rings. The highest BCUT2D eigenvalue weighted by Gasteiger charge is 2.23. The molecular formula is C17H20N2OS2. The van der Waals surface area contributed by atoms with Gasteiger partial charge in [0.1, 0.15) is 4.32 Å². The monoisotopic (exact) mass is 332 g/mol. The predicted octanol–water partition coefficient (Wildman–Crippen LogP) is 3.58. The first-order valence-corrected chi connectivity index (χ1v) is 8.88. The molecule has 1 N–H and O–H groups in total. The molecule has 0 saturated carbocycles. The topological polar surface area (TPSA) is 32.3 Å². The molecule has 2 heterocycles. The molecule has 1 aromatic rings. The number of carbonyl (C=O) groups is 1. The molecule has 116 valence electrons. The van der Waals surface area contributed by atoms with E-state index in [1.165, 1.54) is 17.7 Å². The molecule has 0 spiro atoms. The van der Waals surface area contributed by atoms with Crippen LogP contribution in [0, 0.1) is 5.92 Å². The van der Waals surface area contributed by atoms with Crippen LogP contribution < -0.4 is 10.2 Å². The van der Waals surface area contributed by atoms with Gasteiger partial charge in [0.15, 0.2) is 0 Å². The van der Waals surface area contributed by atoms with Crippen molar-refractivity contribution in [3.05, 3.63) is 35.0 Å². The van der Waals surface area contributed by atoms with Crippen LogP contribution in [0.1, 0.15) is 31.4 Å². The van der Waals surface area contributed by atoms with Gasteiger partial charge in [-0.2, -0.15) is 0 Å². The largest absolute Gasteiger partial charge is 0.371 e. The molecule has 3 rings (SSSR count). The van der Waals surface area contributed by atoms with Crippen molar-refractivity contribution in [1.29, 1.82) is 0 Å². The number of thiocarbonyl (C=S) groups is 1. The van der Waals surface area contributed by atoms with E-state index in [1.54, 1.807) is 0 Å². The molecule has 22 heavy (non-hydrogen) atoms.